The van der Waals surface area contributed by atoms with Crippen LogP contribution in [0, 0.1) is 0 Å². The lowest BCUT2D eigenvalue weighted by atomic mass is 10.1. The van der Waals surface area contributed by atoms with Crippen molar-refractivity contribution in [2.45, 2.75) is 12.6 Å². The number of halogens is 1. The molecule has 0 fully saturated rings. The molecule has 0 saturated heterocycles. The molecule has 0 radical (unpaired) electrons. The van der Waals surface area contributed by atoms with Crippen molar-refractivity contribution in [3.05, 3.63) is 101 Å². The number of hydrogen-bond donors (Lipinski definition) is 2. The maximum atomic E-state index is 12.7. The Balaban J connectivity index is 1.53. The van der Waals surface area contributed by atoms with Gasteiger partial charge in [-0.1, -0.05) is 54.1 Å². The van der Waals surface area contributed by atoms with Crippen LogP contribution in [0.3, 0.4) is 0 Å². The van der Waals surface area contributed by atoms with Crippen LogP contribution in [-0.2, 0) is 6.54 Å². The fraction of sp³-hybridized carbons (Fsp3) is 0.130. The van der Waals surface area contributed by atoms with Gasteiger partial charge in [-0.2, -0.15) is 0 Å². The molecule has 0 spiro atoms. The number of nitrogens with zero attached hydrogens (tertiary/aromatic N) is 2. The van der Waals surface area contributed by atoms with E-state index >= 15 is 0 Å². The molecule has 1 atom stereocenters. The average molecular weight is 406 g/mol. The smallest absolute Gasteiger partial charge is 0.251 e. The second kappa shape index (κ2) is 8.47. The van der Waals surface area contributed by atoms with Gasteiger partial charge in [0.25, 0.3) is 5.91 Å². The van der Waals surface area contributed by atoms with E-state index in [1.54, 1.807) is 18.5 Å². The molecule has 1 heterocycles. The molecule has 4 aromatic rings. The predicted molar refractivity (Wildman–Crippen MR) is 114 cm³/mol. The standard InChI is InChI=1S/C23H20ClN3O2/c24-19-9-6-16(7-10-19)13-27-15-25-20-12-18(8-11-22(20)27)23(29)26-21(14-28)17-4-2-1-3-5-17/h1-12,15,21,28H,13-14H2,(H,26,29). The number of amides is 1. The fourth-order valence-electron chi connectivity index (χ4n) is 3.28. The molecule has 2 N–H and O–H groups in total. The molecule has 5 nitrogen and oxygen atoms in total. The van der Waals surface area contributed by atoms with Gasteiger partial charge >= 0.3 is 0 Å². The zero-order valence-corrected chi connectivity index (χ0v) is 16.4. The Morgan fingerprint density at radius 1 is 1.07 bits per heavy atom. The minimum atomic E-state index is -0.457. The van der Waals surface area contributed by atoms with E-state index in [4.69, 9.17) is 11.6 Å². The fourth-order valence-corrected chi connectivity index (χ4v) is 3.40. The van der Waals surface area contributed by atoms with Crippen molar-refractivity contribution in [3.63, 3.8) is 0 Å². The minimum absolute atomic E-state index is 0.173. The molecule has 1 amide bonds. The first-order valence-corrected chi connectivity index (χ1v) is 9.68. The van der Waals surface area contributed by atoms with Gasteiger partial charge in [-0.3, -0.25) is 4.79 Å². The van der Waals surface area contributed by atoms with Gasteiger partial charge in [0.2, 0.25) is 0 Å². The lowest BCUT2D eigenvalue weighted by molar-refractivity contribution is 0.0916. The number of benzene rings is 3. The van der Waals surface area contributed by atoms with Crippen LogP contribution in [0.1, 0.15) is 27.5 Å². The number of aromatic nitrogens is 2. The van der Waals surface area contributed by atoms with Crippen LogP contribution >= 0.6 is 11.6 Å². The molecular weight excluding hydrogens is 386 g/mol. The number of fused-ring (bicyclic) bond motifs is 1. The largest absolute Gasteiger partial charge is 0.394 e. The number of imidazole rings is 1. The van der Waals surface area contributed by atoms with E-state index in [1.807, 2.05) is 65.2 Å². The van der Waals surface area contributed by atoms with Crippen molar-refractivity contribution >= 4 is 28.5 Å². The van der Waals surface area contributed by atoms with E-state index < -0.39 is 6.04 Å². The van der Waals surface area contributed by atoms with Crippen molar-refractivity contribution in [2.24, 2.45) is 0 Å². The maximum Gasteiger partial charge on any atom is 0.251 e. The van der Waals surface area contributed by atoms with Gasteiger partial charge < -0.3 is 15.0 Å². The molecule has 1 unspecified atom stereocenters. The second-order valence-corrected chi connectivity index (χ2v) is 7.26. The molecule has 6 heteroatoms. The Kier molecular flexibility index (Phi) is 5.60. The van der Waals surface area contributed by atoms with Crippen LogP contribution in [-0.4, -0.2) is 27.2 Å². The molecule has 29 heavy (non-hydrogen) atoms. The highest BCUT2D eigenvalue weighted by molar-refractivity contribution is 6.30. The number of carbonyl (C=O) groups is 1. The predicted octanol–water partition coefficient (Wildman–Crippen LogP) is 4.20. The van der Waals surface area contributed by atoms with Gasteiger partial charge in [0.05, 0.1) is 30.0 Å². The highest BCUT2D eigenvalue weighted by Crippen LogP contribution is 2.19. The van der Waals surface area contributed by atoms with Crippen LogP contribution in [0.4, 0.5) is 0 Å². The first kappa shape index (κ1) is 19.2. The van der Waals surface area contributed by atoms with Gasteiger partial charge in [-0.05, 0) is 41.5 Å². The van der Waals surface area contributed by atoms with E-state index in [2.05, 4.69) is 10.3 Å². The molecule has 0 saturated carbocycles. The normalized spacial score (nSPS) is 12.1. The third kappa shape index (κ3) is 4.31. The van der Waals surface area contributed by atoms with Crippen molar-refractivity contribution < 1.29 is 9.90 Å². The monoisotopic (exact) mass is 405 g/mol. The summed E-state index contributed by atoms with van der Waals surface area (Å²) in [4.78, 5) is 17.1. The van der Waals surface area contributed by atoms with E-state index in [-0.39, 0.29) is 12.5 Å². The summed E-state index contributed by atoms with van der Waals surface area (Å²) >= 11 is 5.95. The van der Waals surface area contributed by atoms with Crippen LogP contribution < -0.4 is 5.32 Å². The van der Waals surface area contributed by atoms with Crippen molar-refractivity contribution in [2.75, 3.05) is 6.61 Å². The van der Waals surface area contributed by atoms with Gasteiger partial charge in [0, 0.05) is 17.1 Å². The van der Waals surface area contributed by atoms with Crippen molar-refractivity contribution in [1.29, 1.82) is 0 Å². The first-order valence-electron chi connectivity index (χ1n) is 9.30. The molecule has 146 valence electrons. The van der Waals surface area contributed by atoms with Crippen LogP contribution in [0.5, 0.6) is 0 Å². The van der Waals surface area contributed by atoms with E-state index in [1.165, 1.54) is 0 Å². The quantitative estimate of drug-likeness (QED) is 0.505. The third-order valence-electron chi connectivity index (χ3n) is 4.84. The Bertz CT molecular complexity index is 1120. The number of hydrogen-bond acceptors (Lipinski definition) is 3. The van der Waals surface area contributed by atoms with Crippen molar-refractivity contribution in [1.82, 2.24) is 14.9 Å². The minimum Gasteiger partial charge on any atom is -0.394 e. The van der Waals surface area contributed by atoms with Gasteiger partial charge in [-0.15, -0.1) is 0 Å². The van der Waals surface area contributed by atoms with Crippen LogP contribution in [0.2, 0.25) is 5.02 Å². The molecule has 3 aromatic carbocycles. The summed E-state index contributed by atoms with van der Waals surface area (Å²) in [5.41, 5.74) is 4.16. The molecule has 1 aromatic heterocycles. The number of nitrogens with one attached hydrogen (secondary N) is 1. The van der Waals surface area contributed by atoms with Crippen LogP contribution in [0.25, 0.3) is 11.0 Å². The van der Waals surface area contributed by atoms with E-state index in [9.17, 15) is 9.90 Å². The lowest BCUT2D eigenvalue weighted by Crippen LogP contribution is -2.30. The number of aliphatic hydroxyl groups excluding tert-OH is 1. The highest BCUT2D eigenvalue weighted by Gasteiger charge is 2.16. The third-order valence-corrected chi connectivity index (χ3v) is 5.09. The molecule has 0 aliphatic carbocycles. The average Bonchev–Trinajstić information content (AvgIpc) is 3.16. The van der Waals surface area contributed by atoms with E-state index in [0.717, 1.165) is 22.2 Å². The summed E-state index contributed by atoms with van der Waals surface area (Å²) in [7, 11) is 0. The number of aliphatic hydroxyl groups is 1. The molecular formula is C23H20ClN3O2. The number of carbonyl (C=O) groups excluding carboxylic acids is 1. The molecule has 0 aliphatic heterocycles. The second-order valence-electron chi connectivity index (χ2n) is 6.82. The summed E-state index contributed by atoms with van der Waals surface area (Å²) in [6, 6.07) is 22.1. The molecule has 0 aliphatic rings. The summed E-state index contributed by atoms with van der Waals surface area (Å²) in [6.07, 6.45) is 1.77. The highest BCUT2D eigenvalue weighted by atomic mass is 35.5. The summed E-state index contributed by atoms with van der Waals surface area (Å²) in [6.45, 7) is 0.494. The van der Waals surface area contributed by atoms with Gasteiger partial charge in [0.15, 0.2) is 0 Å². The summed E-state index contributed by atoms with van der Waals surface area (Å²) < 4.78 is 2.03. The lowest BCUT2D eigenvalue weighted by Gasteiger charge is -2.16. The van der Waals surface area contributed by atoms with Gasteiger partial charge in [-0.25, -0.2) is 4.98 Å². The Labute approximate surface area is 173 Å². The maximum absolute atomic E-state index is 12.7. The van der Waals surface area contributed by atoms with Gasteiger partial charge in [0.1, 0.15) is 0 Å². The first-order chi connectivity index (χ1) is 14.1. The SMILES string of the molecule is O=C(NC(CO)c1ccccc1)c1ccc2c(c1)ncn2Cc1ccc(Cl)cc1. The molecule has 0 bridgehead atoms. The molecule has 4 rings (SSSR count). The Morgan fingerprint density at radius 2 is 1.83 bits per heavy atom. The zero-order valence-electron chi connectivity index (χ0n) is 15.6. The summed E-state index contributed by atoms with van der Waals surface area (Å²) in [5, 5.41) is 13.3. The number of rotatable bonds is 6. The Morgan fingerprint density at radius 3 is 2.55 bits per heavy atom. The van der Waals surface area contributed by atoms with Crippen LogP contribution in [0.15, 0.2) is 79.1 Å². The zero-order chi connectivity index (χ0) is 20.2. The van der Waals surface area contributed by atoms with E-state index in [0.29, 0.717) is 17.1 Å². The summed E-state index contributed by atoms with van der Waals surface area (Å²) in [5.74, 6) is -0.248. The van der Waals surface area contributed by atoms with Crippen molar-refractivity contribution in [3.8, 4) is 0 Å². The topological polar surface area (TPSA) is 67.2 Å². The Hall–Kier alpha value is -3.15.